The lowest BCUT2D eigenvalue weighted by atomic mass is 10.2. The fourth-order valence-electron chi connectivity index (χ4n) is 1.83. The Morgan fingerprint density at radius 3 is 2.36 bits per heavy atom. The average Bonchev–Trinajstić information content (AvgIpc) is 2.37. The zero-order valence-electron chi connectivity index (χ0n) is 12.9. The highest BCUT2D eigenvalue weighted by Crippen LogP contribution is 2.14. The molecule has 0 atom stereocenters. The number of rotatable bonds is 7. The number of benzene rings is 1. The van der Waals surface area contributed by atoms with Gasteiger partial charge in [-0.2, -0.15) is 0 Å². The van der Waals surface area contributed by atoms with Gasteiger partial charge in [-0.05, 0) is 26.3 Å². The molecule has 0 unspecified atom stereocenters. The summed E-state index contributed by atoms with van der Waals surface area (Å²) < 4.78 is 5.22. The molecule has 0 radical (unpaired) electrons. The van der Waals surface area contributed by atoms with Crippen molar-refractivity contribution in [2.75, 3.05) is 13.1 Å². The van der Waals surface area contributed by atoms with Gasteiger partial charge >= 0.3 is 5.97 Å². The van der Waals surface area contributed by atoms with Gasteiger partial charge in [0.2, 0.25) is 0 Å². The number of non-ortho nitro benzene ring substituents is 1. The summed E-state index contributed by atoms with van der Waals surface area (Å²) in [7, 11) is 0. The number of nitrogens with zero attached hydrogens (tertiary/aromatic N) is 2. The molecule has 0 saturated heterocycles. The van der Waals surface area contributed by atoms with Crippen LogP contribution in [-0.2, 0) is 20.9 Å². The van der Waals surface area contributed by atoms with Gasteiger partial charge in [0.15, 0.2) is 0 Å². The summed E-state index contributed by atoms with van der Waals surface area (Å²) in [5.74, 6) is -0.420. The van der Waals surface area contributed by atoms with E-state index in [2.05, 4.69) is 0 Å². The first kappa shape index (κ1) is 17.8. The Morgan fingerprint density at radius 1 is 1.32 bits per heavy atom. The Kier molecular flexibility index (Phi) is 6.18. The molecule has 0 spiro atoms. The molecule has 1 aromatic rings. The predicted molar refractivity (Wildman–Crippen MR) is 80.3 cm³/mol. The second-order valence-corrected chi connectivity index (χ2v) is 5.85. The Morgan fingerprint density at radius 2 is 1.91 bits per heavy atom. The van der Waals surface area contributed by atoms with Crippen LogP contribution in [0.1, 0.15) is 26.3 Å². The first-order valence-electron chi connectivity index (χ1n) is 6.82. The van der Waals surface area contributed by atoms with Crippen LogP contribution in [0.25, 0.3) is 0 Å². The minimum atomic E-state index is -0.586. The molecular formula is C15H20N2O5. The van der Waals surface area contributed by atoms with Crippen molar-refractivity contribution >= 4 is 17.9 Å². The van der Waals surface area contributed by atoms with E-state index in [1.807, 2.05) is 0 Å². The summed E-state index contributed by atoms with van der Waals surface area (Å²) in [6.45, 7) is 5.70. The molecule has 0 heterocycles. The van der Waals surface area contributed by atoms with E-state index in [9.17, 15) is 19.7 Å². The fourth-order valence-corrected chi connectivity index (χ4v) is 1.83. The average molecular weight is 308 g/mol. The van der Waals surface area contributed by atoms with Crippen LogP contribution in [0.15, 0.2) is 24.3 Å². The molecule has 1 aromatic carbocycles. The van der Waals surface area contributed by atoms with Gasteiger partial charge in [0, 0.05) is 18.7 Å². The van der Waals surface area contributed by atoms with Gasteiger partial charge < -0.3 is 9.53 Å². The standard InChI is InChI=1S/C15H20N2O5/c1-15(2,3)22-14(19)11-16(8-9-18)10-12-4-6-13(7-5-12)17(20)21/h4-7,9H,8,10-11H2,1-3H3. The SMILES string of the molecule is CC(C)(C)OC(=O)CN(CC=O)Cc1ccc([N+](=O)[O-])cc1. The lowest BCUT2D eigenvalue weighted by Crippen LogP contribution is -2.35. The van der Waals surface area contributed by atoms with Crippen LogP contribution in [0.4, 0.5) is 5.69 Å². The number of hydrogen-bond donors (Lipinski definition) is 0. The topological polar surface area (TPSA) is 89.8 Å². The quantitative estimate of drug-likeness (QED) is 0.331. The number of carbonyl (C=O) groups excluding carboxylic acids is 2. The summed E-state index contributed by atoms with van der Waals surface area (Å²) in [6.07, 6.45) is 0.704. The van der Waals surface area contributed by atoms with Crippen molar-refractivity contribution in [2.45, 2.75) is 32.9 Å². The minimum Gasteiger partial charge on any atom is -0.459 e. The number of esters is 1. The highest BCUT2D eigenvalue weighted by atomic mass is 16.6. The molecule has 0 fully saturated rings. The second-order valence-electron chi connectivity index (χ2n) is 5.85. The smallest absolute Gasteiger partial charge is 0.320 e. The van der Waals surface area contributed by atoms with Crippen molar-refractivity contribution in [3.05, 3.63) is 39.9 Å². The van der Waals surface area contributed by atoms with E-state index >= 15 is 0 Å². The molecule has 0 N–H and O–H groups in total. The third-order valence-electron chi connectivity index (χ3n) is 2.66. The monoisotopic (exact) mass is 308 g/mol. The number of hydrogen-bond acceptors (Lipinski definition) is 6. The largest absolute Gasteiger partial charge is 0.459 e. The van der Waals surface area contributed by atoms with Crippen molar-refractivity contribution < 1.29 is 19.2 Å². The molecule has 0 amide bonds. The second kappa shape index (κ2) is 7.65. The van der Waals surface area contributed by atoms with Crippen molar-refractivity contribution in [1.82, 2.24) is 4.90 Å². The van der Waals surface area contributed by atoms with Crippen LogP contribution >= 0.6 is 0 Å². The van der Waals surface area contributed by atoms with Gasteiger partial charge in [-0.3, -0.25) is 19.8 Å². The van der Waals surface area contributed by atoms with Crippen molar-refractivity contribution in [3.63, 3.8) is 0 Å². The zero-order valence-corrected chi connectivity index (χ0v) is 12.9. The van der Waals surface area contributed by atoms with Crippen molar-refractivity contribution in [2.24, 2.45) is 0 Å². The third-order valence-corrected chi connectivity index (χ3v) is 2.66. The normalized spacial score (nSPS) is 11.3. The van der Waals surface area contributed by atoms with E-state index in [4.69, 9.17) is 4.74 Å². The molecule has 0 aliphatic carbocycles. The number of carbonyl (C=O) groups is 2. The highest BCUT2D eigenvalue weighted by Gasteiger charge is 2.19. The zero-order chi connectivity index (χ0) is 16.8. The predicted octanol–water partition coefficient (Wildman–Crippen LogP) is 1.94. The van der Waals surface area contributed by atoms with Gasteiger partial charge in [-0.15, -0.1) is 0 Å². The summed E-state index contributed by atoms with van der Waals surface area (Å²) >= 11 is 0. The van der Waals surface area contributed by atoms with Gasteiger partial charge in [0.25, 0.3) is 5.69 Å². The molecule has 7 nitrogen and oxygen atoms in total. The van der Waals surface area contributed by atoms with Crippen LogP contribution < -0.4 is 0 Å². The van der Waals surface area contributed by atoms with Crippen LogP contribution in [0.3, 0.4) is 0 Å². The Labute approximate surface area is 129 Å². The third kappa shape index (κ3) is 6.45. The van der Waals surface area contributed by atoms with E-state index in [0.717, 1.165) is 5.56 Å². The van der Waals surface area contributed by atoms with Crippen LogP contribution in [0.2, 0.25) is 0 Å². The molecule has 7 heteroatoms. The first-order chi connectivity index (χ1) is 10.2. The van der Waals surface area contributed by atoms with Crippen molar-refractivity contribution in [1.29, 1.82) is 0 Å². The summed E-state index contributed by atoms with van der Waals surface area (Å²) in [5.41, 5.74) is 0.186. The summed E-state index contributed by atoms with van der Waals surface area (Å²) in [5, 5.41) is 10.6. The molecule has 0 bridgehead atoms. The van der Waals surface area contributed by atoms with Crippen LogP contribution in [-0.4, -0.2) is 40.8 Å². The molecule has 0 saturated carbocycles. The maximum atomic E-state index is 11.8. The Bertz CT molecular complexity index is 534. The van der Waals surface area contributed by atoms with Crippen molar-refractivity contribution in [3.8, 4) is 0 Å². The molecule has 0 aliphatic rings. The minimum absolute atomic E-state index is 0.00201. The molecule has 22 heavy (non-hydrogen) atoms. The van der Waals surface area contributed by atoms with E-state index in [1.165, 1.54) is 12.1 Å². The van der Waals surface area contributed by atoms with E-state index in [1.54, 1.807) is 37.8 Å². The number of aldehydes is 1. The molecule has 120 valence electrons. The Balaban J connectivity index is 2.69. The van der Waals surface area contributed by atoms with Gasteiger partial charge in [-0.1, -0.05) is 12.1 Å². The molecule has 0 aliphatic heterocycles. The number of ether oxygens (including phenoxy) is 1. The summed E-state index contributed by atoms with van der Waals surface area (Å²) in [6, 6.07) is 5.99. The van der Waals surface area contributed by atoms with E-state index in [0.29, 0.717) is 12.8 Å². The van der Waals surface area contributed by atoms with Crippen LogP contribution in [0.5, 0.6) is 0 Å². The van der Waals surface area contributed by atoms with Gasteiger partial charge in [0.05, 0.1) is 18.0 Å². The maximum Gasteiger partial charge on any atom is 0.320 e. The molecule has 1 rings (SSSR count). The maximum absolute atomic E-state index is 11.8. The lowest BCUT2D eigenvalue weighted by Gasteiger charge is -2.23. The fraction of sp³-hybridized carbons (Fsp3) is 0.467. The lowest BCUT2D eigenvalue weighted by molar-refractivity contribution is -0.384. The summed E-state index contributed by atoms with van der Waals surface area (Å²) in [4.78, 5) is 34.3. The number of nitro groups is 1. The van der Waals surface area contributed by atoms with Gasteiger partial charge in [0.1, 0.15) is 11.9 Å². The first-order valence-corrected chi connectivity index (χ1v) is 6.82. The van der Waals surface area contributed by atoms with Crippen LogP contribution in [0, 0.1) is 10.1 Å². The Hall–Kier alpha value is -2.28. The van der Waals surface area contributed by atoms with E-state index < -0.39 is 16.5 Å². The van der Waals surface area contributed by atoms with E-state index in [-0.39, 0.29) is 18.8 Å². The number of nitro benzene ring substituents is 1. The van der Waals surface area contributed by atoms with Gasteiger partial charge in [-0.25, -0.2) is 0 Å². The molecular weight excluding hydrogens is 288 g/mol. The molecule has 0 aromatic heterocycles. The highest BCUT2D eigenvalue weighted by molar-refractivity contribution is 5.72.